The van der Waals surface area contributed by atoms with Crippen molar-refractivity contribution in [2.45, 2.75) is 6.92 Å². The maximum atomic E-state index is 12.7. The van der Waals surface area contributed by atoms with Gasteiger partial charge in [0.2, 0.25) is 0 Å². The molecular weight excluding hydrogens is 340 g/mol. The zero-order valence-corrected chi connectivity index (χ0v) is 15.5. The molecule has 6 nitrogen and oxygen atoms in total. The second-order valence-electron chi connectivity index (χ2n) is 8.38. The SMILES string of the molecule is CC12CN3CCN(CC(C3)/C1=N/NC(=O)c1cc3ccccc3cc1O)C2. The van der Waals surface area contributed by atoms with Crippen LogP contribution in [-0.2, 0) is 0 Å². The van der Waals surface area contributed by atoms with Crippen LogP contribution in [0.1, 0.15) is 17.3 Å². The Morgan fingerprint density at radius 2 is 1.78 bits per heavy atom. The Kier molecular flexibility index (Phi) is 3.74. The van der Waals surface area contributed by atoms with E-state index in [1.807, 2.05) is 24.3 Å². The third kappa shape index (κ3) is 2.80. The molecule has 0 spiro atoms. The van der Waals surface area contributed by atoms with Crippen molar-refractivity contribution in [3.8, 4) is 5.75 Å². The van der Waals surface area contributed by atoms with Crippen LogP contribution >= 0.6 is 0 Å². The Labute approximate surface area is 158 Å². The lowest BCUT2D eigenvalue weighted by molar-refractivity contribution is 0.0946. The second kappa shape index (κ2) is 6.04. The first-order valence-corrected chi connectivity index (χ1v) is 9.57. The first-order valence-electron chi connectivity index (χ1n) is 9.57. The molecule has 0 aromatic heterocycles. The van der Waals surface area contributed by atoms with Gasteiger partial charge < -0.3 is 14.9 Å². The fourth-order valence-corrected chi connectivity index (χ4v) is 5.11. The van der Waals surface area contributed by atoms with E-state index in [-0.39, 0.29) is 22.6 Å². The number of aromatic hydroxyl groups is 1. The Morgan fingerprint density at radius 1 is 1.15 bits per heavy atom. The number of carbonyl (C=O) groups is 1. The highest BCUT2D eigenvalue weighted by Crippen LogP contribution is 2.38. The summed E-state index contributed by atoms with van der Waals surface area (Å²) >= 11 is 0. The molecule has 0 aliphatic carbocycles. The van der Waals surface area contributed by atoms with E-state index in [2.05, 4.69) is 27.3 Å². The van der Waals surface area contributed by atoms with Crippen LogP contribution in [0.2, 0.25) is 0 Å². The van der Waals surface area contributed by atoms with Crippen LogP contribution in [0.4, 0.5) is 0 Å². The molecule has 140 valence electrons. The molecule has 4 fully saturated rings. The predicted molar refractivity (Wildman–Crippen MR) is 105 cm³/mol. The second-order valence-corrected chi connectivity index (χ2v) is 8.38. The maximum absolute atomic E-state index is 12.7. The maximum Gasteiger partial charge on any atom is 0.275 e. The van der Waals surface area contributed by atoms with Gasteiger partial charge in [-0.1, -0.05) is 31.2 Å². The Hall–Kier alpha value is -2.44. The normalized spacial score (nSPS) is 33.4. The van der Waals surface area contributed by atoms with Crippen LogP contribution in [0, 0.1) is 11.3 Å². The summed E-state index contributed by atoms with van der Waals surface area (Å²) in [5, 5.41) is 16.7. The van der Waals surface area contributed by atoms with Gasteiger partial charge in [0, 0.05) is 50.6 Å². The smallest absolute Gasteiger partial charge is 0.275 e. The zero-order valence-electron chi connectivity index (χ0n) is 15.5. The molecule has 6 heteroatoms. The minimum absolute atomic E-state index is 0.0169. The minimum atomic E-state index is -0.360. The first-order chi connectivity index (χ1) is 13.0. The largest absolute Gasteiger partial charge is 0.507 e. The van der Waals surface area contributed by atoms with Gasteiger partial charge in [-0.05, 0) is 22.9 Å². The van der Waals surface area contributed by atoms with Gasteiger partial charge in [0.1, 0.15) is 5.75 Å². The Morgan fingerprint density at radius 3 is 2.41 bits per heavy atom. The third-order valence-electron chi connectivity index (χ3n) is 6.23. The number of hydrogen-bond donors (Lipinski definition) is 2. The lowest BCUT2D eigenvalue weighted by Gasteiger charge is -2.48. The summed E-state index contributed by atoms with van der Waals surface area (Å²) in [5.74, 6) is -0.0104. The number of fused-ring (bicyclic) bond motifs is 2. The van der Waals surface area contributed by atoms with E-state index in [4.69, 9.17) is 0 Å². The summed E-state index contributed by atoms with van der Waals surface area (Å²) in [4.78, 5) is 17.8. The average Bonchev–Trinajstić information content (AvgIpc) is 2.87. The van der Waals surface area contributed by atoms with E-state index < -0.39 is 0 Å². The number of amides is 1. The van der Waals surface area contributed by atoms with E-state index in [0.29, 0.717) is 5.92 Å². The summed E-state index contributed by atoms with van der Waals surface area (Å²) in [6, 6.07) is 11.0. The number of hydrogen-bond acceptors (Lipinski definition) is 5. The van der Waals surface area contributed by atoms with Crippen molar-refractivity contribution in [1.82, 2.24) is 15.2 Å². The minimum Gasteiger partial charge on any atom is -0.507 e. The van der Waals surface area contributed by atoms with E-state index in [0.717, 1.165) is 55.8 Å². The van der Waals surface area contributed by atoms with Gasteiger partial charge in [-0.25, -0.2) is 5.43 Å². The molecule has 2 N–H and O–H groups in total. The van der Waals surface area contributed by atoms with Gasteiger partial charge in [-0.3, -0.25) is 4.79 Å². The number of nitrogens with one attached hydrogen (secondary N) is 1. The molecule has 4 aliphatic rings. The number of rotatable bonds is 2. The van der Waals surface area contributed by atoms with Crippen molar-refractivity contribution in [1.29, 1.82) is 0 Å². The number of benzene rings is 2. The standard InChI is InChI=1S/C21H24N4O2/c1-21-12-24-6-7-25(13-21)11-16(10-24)19(21)22-23-20(27)17-8-14-4-2-3-5-15(14)9-18(17)26/h2-5,8-9,16,26H,6-7,10-13H2,1H3,(H,23,27)/b22-19-. The van der Waals surface area contributed by atoms with Gasteiger partial charge in [0.25, 0.3) is 5.91 Å². The highest BCUT2D eigenvalue weighted by molar-refractivity contribution is 6.02. The van der Waals surface area contributed by atoms with Gasteiger partial charge in [0.05, 0.1) is 11.3 Å². The number of phenols is 1. The summed E-state index contributed by atoms with van der Waals surface area (Å²) in [6.07, 6.45) is 0. The van der Waals surface area contributed by atoms with Crippen LogP contribution in [0.25, 0.3) is 10.8 Å². The van der Waals surface area contributed by atoms with Crippen LogP contribution in [-0.4, -0.2) is 65.8 Å². The van der Waals surface area contributed by atoms with Gasteiger partial charge in [-0.2, -0.15) is 5.10 Å². The Bertz CT molecular complexity index is 938. The number of piperidine rings is 2. The van der Waals surface area contributed by atoms with Gasteiger partial charge >= 0.3 is 0 Å². The third-order valence-corrected chi connectivity index (χ3v) is 6.23. The van der Waals surface area contributed by atoms with Crippen LogP contribution < -0.4 is 5.43 Å². The molecule has 4 aliphatic heterocycles. The molecule has 4 bridgehead atoms. The fourth-order valence-electron chi connectivity index (χ4n) is 5.11. The molecule has 0 saturated carbocycles. The topological polar surface area (TPSA) is 68.2 Å². The number of hydrazone groups is 1. The quantitative estimate of drug-likeness (QED) is 0.799. The first kappa shape index (κ1) is 16.7. The molecule has 6 rings (SSSR count). The van der Waals surface area contributed by atoms with Crippen molar-refractivity contribution in [3.63, 3.8) is 0 Å². The van der Waals surface area contributed by atoms with Crippen molar-refractivity contribution in [2.75, 3.05) is 39.3 Å². The molecule has 2 aromatic carbocycles. The van der Waals surface area contributed by atoms with Crippen molar-refractivity contribution in [2.24, 2.45) is 16.4 Å². The van der Waals surface area contributed by atoms with Crippen LogP contribution in [0.5, 0.6) is 5.75 Å². The van der Waals surface area contributed by atoms with Gasteiger partial charge in [-0.15, -0.1) is 0 Å². The van der Waals surface area contributed by atoms with E-state index in [1.54, 1.807) is 12.1 Å². The zero-order chi connectivity index (χ0) is 18.6. The Balaban J connectivity index is 1.42. The number of carbonyl (C=O) groups excluding carboxylic acids is 1. The molecule has 2 aromatic rings. The van der Waals surface area contributed by atoms with Crippen molar-refractivity contribution >= 4 is 22.4 Å². The molecule has 2 unspecified atom stereocenters. The predicted octanol–water partition coefficient (Wildman–Crippen LogP) is 1.90. The van der Waals surface area contributed by atoms with E-state index in [9.17, 15) is 9.90 Å². The molecule has 27 heavy (non-hydrogen) atoms. The van der Waals surface area contributed by atoms with Crippen molar-refractivity contribution < 1.29 is 9.90 Å². The molecule has 0 radical (unpaired) electrons. The monoisotopic (exact) mass is 364 g/mol. The van der Waals surface area contributed by atoms with Gasteiger partial charge in [0.15, 0.2) is 0 Å². The highest BCUT2D eigenvalue weighted by atomic mass is 16.3. The summed E-state index contributed by atoms with van der Waals surface area (Å²) < 4.78 is 0. The molecule has 4 saturated heterocycles. The number of phenolic OH excluding ortho intramolecular Hbond substituents is 1. The van der Waals surface area contributed by atoms with E-state index in [1.165, 1.54) is 0 Å². The summed E-state index contributed by atoms with van der Waals surface area (Å²) in [6.45, 7) is 8.52. The average molecular weight is 364 g/mol. The summed E-state index contributed by atoms with van der Waals surface area (Å²) in [5.41, 5.74) is 4.08. The van der Waals surface area contributed by atoms with Crippen LogP contribution in [0.3, 0.4) is 0 Å². The molecular formula is C21H24N4O2. The molecule has 1 amide bonds. The molecule has 4 heterocycles. The highest BCUT2D eigenvalue weighted by Gasteiger charge is 2.49. The van der Waals surface area contributed by atoms with Crippen molar-refractivity contribution in [3.05, 3.63) is 42.0 Å². The molecule has 2 atom stereocenters. The fraction of sp³-hybridized carbons (Fsp3) is 0.429. The van der Waals surface area contributed by atoms with E-state index >= 15 is 0 Å². The number of nitrogens with zero attached hydrogens (tertiary/aromatic N) is 3. The summed E-state index contributed by atoms with van der Waals surface area (Å²) in [7, 11) is 0. The van der Waals surface area contributed by atoms with Crippen LogP contribution in [0.15, 0.2) is 41.5 Å². The lowest BCUT2D eigenvalue weighted by Crippen LogP contribution is -2.60. The lowest BCUT2D eigenvalue weighted by atomic mass is 9.72.